The molecule has 1 aromatic heterocycles. The van der Waals surface area contributed by atoms with Gasteiger partial charge in [-0.1, -0.05) is 32.0 Å². The van der Waals surface area contributed by atoms with Gasteiger partial charge in [0.2, 0.25) is 0 Å². The molecule has 3 rings (SSSR count). The van der Waals surface area contributed by atoms with Crippen LogP contribution in [0, 0.1) is 0 Å². The largest absolute Gasteiger partial charge is 1.00 e. The Bertz CT molecular complexity index is 695. The smallest absolute Gasteiger partial charge is 0.550 e. The minimum atomic E-state index is -1.07. The van der Waals surface area contributed by atoms with Crippen LogP contribution in [0.4, 0.5) is 0 Å². The van der Waals surface area contributed by atoms with Crippen molar-refractivity contribution in [2.24, 2.45) is 0 Å². The number of hydrogen-bond acceptors (Lipinski definition) is 3. The number of carboxylic acids is 1. The predicted molar refractivity (Wildman–Crippen MR) is 78.9 cm³/mol. The van der Waals surface area contributed by atoms with Gasteiger partial charge in [-0.3, -0.25) is 0 Å². The molecule has 2 heterocycles. The first-order valence-corrected chi connectivity index (χ1v) is 7.58. The summed E-state index contributed by atoms with van der Waals surface area (Å²) >= 11 is 0. The van der Waals surface area contributed by atoms with E-state index in [4.69, 9.17) is 4.74 Å². The standard InChI is InChI=1S/C17H21NO3.K/c1-3-11-6-5-7-12-13-8-9-21-17(4-2,10-14(19)20)16(13)18-15(11)12;/h5-7,18H,3-4,8-10H2,1-2H3,(H,19,20);/q;+1/p-1/t17-;/m0./s1. The second kappa shape index (κ2) is 7.15. The van der Waals surface area contributed by atoms with Crippen molar-refractivity contribution in [3.05, 3.63) is 35.0 Å². The Hall–Kier alpha value is -0.174. The van der Waals surface area contributed by atoms with E-state index in [9.17, 15) is 9.90 Å². The zero-order chi connectivity index (χ0) is 15.0. The van der Waals surface area contributed by atoms with Crippen molar-refractivity contribution in [3.63, 3.8) is 0 Å². The number of rotatable bonds is 4. The molecule has 112 valence electrons. The van der Waals surface area contributed by atoms with Gasteiger partial charge in [-0.25, -0.2) is 0 Å². The average Bonchev–Trinajstić information content (AvgIpc) is 2.87. The molecule has 1 aliphatic rings. The number of aliphatic carboxylic acids is 1. The van der Waals surface area contributed by atoms with Gasteiger partial charge < -0.3 is 19.6 Å². The number of aromatic nitrogens is 1. The summed E-state index contributed by atoms with van der Waals surface area (Å²) in [7, 11) is 0. The number of aryl methyl sites for hydroxylation is 1. The molecule has 0 unspecified atom stereocenters. The van der Waals surface area contributed by atoms with Gasteiger partial charge in [0, 0.05) is 23.3 Å². The number of carbonyl (C=O) groups excluding carboxylic acids is 1. The summed E-state index contributed by atoms with van der Waals surface area (Å²) in [5, 5.41) is 12.4. The predicted octanol–water partition coefficient (Wildman–Crippen LogP) is -0.948. The van der Waals surface area contributed by atoms with Crippen molar-refractivity contribution in [1.82, 2.24) is 4.98 Å². The van der Waals surface area contributed by atoms with E-state index in [2.05, 4.69) is 30.1 Å². The zero-order valence-corrected chi connectivity index (χ0v) is 16.6. The van der Waals surface area contributed by atoms with Gasteiger partial charge in [-0.05, 0) is 30.4 Å². The summed E-state index contributed by atoms with van der Waals surface area (Å²) in [6, 6.07) is 6.28. The fraction of sp³-hybridized carbons (Fsp3) is 0.471. The minimum Gasteiger partial charge on any atom is -0.550 e. The molecule has 0 amide bonds. The molecule has 4 nitrogen and oxygen atoms in total. The van der Waals surface area contributed by atoms with Crippen LogP contribution >= 0.6 is 0 Å². The molecular formula is C17H20KNO3. The van der Waals surface area contributed by atoms with Gasteiger partial charge in [0.25, 0.3) is 0 Å². The third kappa shape index (κ3) is 2.95. The second-order valence-corrected chi connectivity index (χ2v) is 5.67. The number of fused-ring (bicyclic) bond motifs is 3. The maximum absolute atomic E-state index is 11.2. The van der Waals surface area contributed by atoms with Crippen LogP contribution in [0.2, 0.25) is 0 Å². The first-order valence-electron chi connectivity index (χ1n) is 7.58. The molecule has 1 N–H and O–H groups in total. The third-order valence-corrected chi connectivity index (χ3v) is 4.60. The molecular weight excluding hydrogens is 305 g/mol. The fourth-order valence-electron chi connectivity index (χ4n) is 3.47. The van der Waals surface area contributed by atoms with E-state index in [1.54, 1.807) is 0 Å². The van der Waals surface area contributed by atoms with E-state index >= 15 is 0 Å². The van der Waals surface area contributed by atoms with Gasteiger partial charge >= 0.3 is 51.4 Å². The van der Waals surface area contributed by atoms with E-state index in [-0.39, 0.29) is 57.8 Å². The number of hydrogen-bond donors (Lipinski definition) is 1. The number of para-hydroxylation sites is 1. The van der Waals surface area contributed by atoms with Crippen LogP contribution in [-0.2, 0) is 28.0 Å². The van der Waals surface area contributed by atoms with Gasteiger partial charge in [0.1, 0.15) is 5.60 Å². The summed E-state index contributed by atoms with van der Waals surface area (Å²) < 4.78 is 5.90. The van der Waals surface area contributed by atoms with Gasteiger partial charge in [0.15, 0.2) is 0 Å². The molecule has 1 atom stereocenters. The first-order chi connectivity index (χ1) is 10.1. The summed E-state index contributed by atoms with van der Waals surface area (Å²) in [4.78, 5) is 14.6. The van der Waals surface area contributed by atoms with E-state index in [1.165, 1.54) is 16.5 Å². The second-order valence-electron chi connectivity index (χ2n) is 5.67. The molecule has 0 radical (unpaired) electrons. The monoisotopic (exact) mass is 325 g/mol. The van der Waals surface area contributed by atoms with Gasteiger partial charge in [0.05, 0.1) is 12.3 Å². The van der Waals surface area contributed by atoms with Crippen LogP contribution in [-0.4, -0.2) is 17.6 Å². The Morgan fingerprint density at radius 3 is 2.82 bits per heavy atom. The van der Waals surface area contributed by atoms with Crippen LogP contribution < -0.4 is 56.5 Å². The molecule has 1 aliphatic heterocycles. The third-order valence-electron chi connectivity index (χ3n) is 4.60. The minimum absolute atomic E-state index is 0. The molecule has 0 aliphatic carbocycles. The number of ether oxygens (including phenoxy) is 1. The molecule has 1 aromatic carbocycles. The zero-order valence-electron chi connectivity index (χ0n) is 13.5. The van der Waals surface area contributed by atoms with Crippen LogP contribution in [0.5, 0.6) is 0 Å². The van der Waals surface area contributed by atoms with Crippen LogP contribution in [0.3, 0.4) is 0 Å². The topological polar surface area (TPSA) is 65.2 Å². The molecule has 0 fully saturated rings. The Labute approximate surface area is 173 Å². The number of H-pyrrole nitrogens is 1. The van der Waals surface area contributed by atoms with Crippen molar-refractivity contribution in [1.29, 1.82) is 0 Å². The van der Waals surface area contributed by atoms with Gasteiger partial charge in [-0.2, -0.15) is 0 Å². The average molecular weight is 325 g/mol. The molecule has 0 saturated heterocycles. The SMILES string of the molecule is CCc1cccc2c3c([nH]c12)[C@](CC)(CC(=O)[O-])OCC3.[K+]. The van der Waals surface area contributed by atoms with Crippen LogP contribution in [0.1, 0.15) is 43.5 Å². The molecule has 0 spiro atoms. The number of carboxylic acid groups (broad SMARTS) is 1. The molecule has 5 heteroatoms. The number of nitrogens with one attached hydrogen (secondary N) is 1. The van der Waals surface area contributed by atoms with Crippen molar-refractivity contribution in [3.8, 4) is 0 Å². The molecule has 2 aromatic rings. The quantitative estimate of drug-likeness (QED) is 0.738. The van der Waals surface area contributed by atoms with E-state index in [1.807, 2.05) is 6.92 Å². The normalized spacial score (nSPS) is 20.5. The number of benzene rings is 1. The number of carbonyl (C=O) groups is 1. The van der Waals surface area contributed by atoms with Gasteiger partial charge in [-0.15, -0.1) is 0 Å². The Morgan fingerprint density at radius 2 is 2.18 bits per heavy atom. The summed E-state index contributed by atoms with van der Waals surface area (Å²) in [6.45, 7) is 4.64. The Morgan fingerprint density at radius 1 is 1.41 bits per heavy atom. The Balaban J connectivity index is 0.00000176. The Kier molecular flexibility index (Phi) is 5.91. The summed E-state index contributed by atoms with van der Waals surface area (Å²) in [6.07, 6.45) is 2.27. The maximum Gasteiger partial charge on any atom is 1.00 e. The fourth-order valence-corrected chi connectivity index (χ4v) is 3.47. The summed E-state index contributed by atoms with van der Waals surface area (Å²) in [5.41, 5.74) is 3.72. The van der Waals surface area contributed by atoms with E-state index < -0.39 is 11.6 Å². The first kappa shape index (κ1) is 18.2. The molecule has 0 bridgehead atoms. The van der Waals surface area contributed by atoms with E-state index in [0.29, 0.717) is 13.0 Å². The van der Waals surface area contributed by atoms with Crippen molar-refractivity contribution >= 4 is 16.9 Å². The number of aromatic amines is 1. The van der Waals surface area contributed by atoms with E-state index in [0.717, 1.165) is 24.1 Å². The molecule has 22 heavy (non-hydrogen) atoms. The van der Waals surface area contributed by atoms with Crippen LogP contribution in [0.25, 0.3) is 10.9 Å². The van der Waals surface area contributed by atoms with Crippen molar-refractivity contribution in [2.75, 3.05) is 6.61 Å². The van der Waals surface area contributed by atoms with Crippen molar-refractivity contribution < 1.29 is 66.0 Å². The summed E-state index contributed by atoms with van der Waals surface area (Å²) in [5.74, 6) is -1.07. The maximum atomic E-state index is 11.2. The van der Waals surface area contributed by atoms with Crippen molar-refractivity contribution in [2.45, 2.75) is 45.1 Å². The van der Waals surface area contributed by atoms with Crippen LogP contribution in [0.15, 0.2) is 18.2 Å². The molecule has 0 saturated carbocycles.